The van der Waals surface area contributed by atoms with Gasteiger partial charge in [-0.05, 0) is 43.9 Å². The van der Waals surface area contributed by atoms with Gasteiger partial charge in [0.25, 0.3) is 0 Å². The fourth-order valence-corrected chi connectivity index (χ4v) is 2.28. The second-order valence-corrected chi connectivity index (χ2v) is 5.08. The lowest BCUT2D eigenvalue weighted by Crippen LogP contribution is -2.17. The molecule has 0 saturated heterocycles. The van der Waals surface area contributed by atoms with Crippen molar-refractivity contribution in [1.29, 1.82) is 0 Å². The Bertz CT molecular complexity index is 648. The van der Waals surface area contributed by atoms with Crippen LogP contribution in [0.25, 0.3) is 0 Å². The predicted molar refractivity (Wildman–Crippen MR) is 80.7 cm³/mol. The van der Waals surface area contributed by atoms with Gasteiger partial charge in [-0.25, -0.2) is 4.98 Å². The normalized spacial score (nSPS) is 11.5. The molecule has 8 heteroatoms. The topological polar surface area (TPSA) is 87.0 Å². The molecule has 2 aromatic rings. The van der Waals surface area contributed by atoms with Crippen LogP contribution in [0.4, 0.5) is 24.9 Å². The standard InChI is InChI=1S/C15H17F3N4O/c1-9-12(13(19)22-14(20)21-9)4-2-3-10-5-7-11(8-6-10)23-15(16,17)18/h5-8H,2-4H2,1H3,(H4,19,20,21,22). The van der Waals surface area contributed by atoms with Gasteiger partial charge >= 0.3 is 6.36 Å². The molecule has 0 fully saturated rings. The van der Waals surface area contributed by atoms with E-state index in [1.54, 1.807) is 12.1 Å². The van der Waals surface area contributed by atoms with Crippen LogP contribution in [0.1, 0.15) is 23.2 Å². The molecular formula is C15H17F3N4O. The Balaban J connectivity index is 1.92. The molecule has 5 nitrogen and oxygen atoms in total. The number of ether oxygens (including phenoxy) is 1. The van der Waals surface area contributed by atoms with Crippen molar-refractivity contribution in [1.82, 2.24) is 9.97 Å². The highest BCUT2D eigenvalue weighted by molar-refractivity contribution is 5.45. The van der Waals surface area contributed by atoms with Crippen LogP contribution in [-0.4, -0.2) is 16.3 Å². The van der Waals surface area contributed by atoms with E-state index in [-0.39, 0.29) is 11.7 Å². The van der Waals surface area contributed by atoms with E-state index in [1.807, 2.05) is 6.92 Å². The van der Waals surface area contributed by atoms with Crippen molar-refractivity contribution in [2.45, 2.75) is 32.5 Å². The van der Waals surface area contributed by atoms with Crippen LogP contribution in [0.2, 0.25) is 0 Å². The Morgan fingerprint density at radius 3 is 2.26 bits per heavy atom. The fourth-order valence-electron chi connectivity index (χ4n) is 2.28. The van der Waals surface area contributed by atoms with Gasteiger partial charge in [-0.15, -0.1) is 13.2 Å². The summed E-state index contributed by atoms with van der Waals surface area (Å²) in [6.45, 7) is 1.81. The highest BCUT2D eigenvalue weighted by Crippen LogP contribution is 2.23. The third-order valence-electron chi connectivity index (χ3n) is 3.31. The Morgan fingerprint density at radius 1 is 1.04 bits per heavy atom. The number of anilines is 2. The zero-order valence-corrected chi connectivity index (χ0v) is 12.5. The maximum atomic E-state index is 12.1. The number of alkyl halides is 3. The van der Waals surface area contributed by atoms with Gasteiger partial charge in [0.15, 0.2) is 0 Å². The van der Waals surface area contributed by atoms with Crippen LogP contribution >= 0.6 is 0 Å². The summed E-state index contributed by atoms with van der Waals surface area (Å²) in [5.41, 5.74) is 13.8. The fraction of sp³-hybridized carbons (Fsp3) is 0.333. The molecular weight excluding hydrogens is 309 g/mol. The Labute approximate surface area is 131 Å². The van der Waals surface area contributed by atoms with Crippen molar-refractivity contribution >= 4 is 11.8 Å². The lowest BCUT2D eigenvalue weighted by Gasteiger charge is -2.10. The van der Waals surface area contributed by atoms with E-state index < -0.39 is 6.36 Å². The second kappa shape index (κ2) is 6.72. The van der Waals surface area contributed by atoms with Gasteiger partial charge in [0.1, 0.15) is 11.6 Å². The summed E-state index contributed by atoms with van der Waals surface area (Å²) in [4.78, 5) is 8.00. The monoisotopic (exact) mass is 326 g/mol. The maximum absolute atomic E-state index is 12.1. The average molecular weight is 326 g/mol. The average Bonchev–Trinajstić information content (AvgIpc) is 2.42. The number of aromatic nitrogens is 2. The van der Waals surface area contributed by atoms with E-state index in [0.717, 1.165) is 23.2 Å². The van der Waals surface area contributed by atoms with Gasteiger partial charge < -0.3 is 16.2 Å². The molecule has 124 valence electrons. The van der Waals surface area contributed by atoms with E-state index in [1.165, 1.54) is 12.1 Å². The minimum absolute atomic E-state index is 0.143. The summed E-state index contributed by atoms with van der Waals surface area (Å²) in [6, 6.07) is 5.82. The molecule has 0 spiro atoms. The first-order valence-corrected chi connectivity index (χ1v) is 6.98. The van der Waals surface area contributed by atoms with E-state index in [4.69, 9.17) is 11.5 Å². The lowest BCUT2D eigenvalue weighted by molar-refractivity contribution is -0.274. The van der Waals surface area contributed by atoms with E-state index >= 15 is 0 Å². The number of nitrogens with two attached hydrogens (primary N) is 2. The van der Waals surface area contributed by atoms with Crippen molar-refractivity contribution < 1.29 is 17.9 Å². The first-order chi connectivity index (χ1) is 10.7. The van der Waals surface area contributed by atoms with Crippen LogP contribution in [0, 0.1) is 6.92 Å². The van der Waals surface area contributed by atoms with Crippen LogP contribution < -0.4 is 16.2 Å². The number of hydrogen-bond donors (Lipinski definition) is 2. The molecule has 1 aromatic heterocycles. The van der Waals surface area contributed by atoms with Crippen LogP contribution in [-0.2, 0) is 12.8 Å². The maximum Gasteiger partial charge on any atom is 0.573 e. The summed E-state index contributed by atoms with van der Waals surface area (Å²) in [5, 5.41) is 0. The van der Waals surface area contributed by atoms with Gasteiger partial charge in [-0.3, -0.25) is 0 Å². The molecule has 0 radical (unpaired) electrons. The minimum Gasteiger partial charge on any atom is -0.406 e. The van der Waals surface area contributed by atoms with E-state index in [2.05, 4.69) is 14.7 Å². The number of benzene rings is 1. The summed E-state index contributed by atoms with van der Waals surface area (Å²) in [6.07, 6.45) is -2.56. The Kier molecular flexibility index (Phi) is 4.92. The predicted octanol–water partition coefficient (Wildman–Crippen LogP) is 3.02. The van der Waals surface area contributed by atoms with Crippen LogP contribution in [0.5, 0.6) is 5.75 Å². The zero-order chi connectivity index (χ0) is 17.0. The number of rotatable bonds is 5. The molecule has 1 aromatic carbocycles. The molecule has 0 aliphatic heterocycles. The third kappa shape index (κ3) is 5.01. The van der Waals surface area contributed by atoms with Crippen LogP contribution in [0.3, 0.4) is 0 Å². The first-order valence-electron chi connectivity index (χ1n) is 6.98. The number of nitrogen functional groups attached to an aromatic ring is 2. The molecule has 0 amide bonds. The van der Waals surface area contributed by atoms with Crippen molar-refractivity contribution in [3.05, 3.63) is 41.1 Å². The number of aryl methyl sites for hydroxylation is 2. The lowest BCUT2D eigenvalue weighted by atomic mass is 10.0. The second-order valence-electron chi connectivity index (χ2n) is 5.08. The smallest absolute Gasteiger partial charge is 0.406 e. The van der Waals surface area contributed by atoms with E-state index in [9.17, 15) is 13.2 Å². The highest BCUT2D eigenvalue weighted by Gasteiger charge is 2.30. The number of nitrogens with zero attached hydrogens (tertiary/aromatic N) is 2. The van der Waals surface area contributed by atoms with Gasteiger partial charge in [0.2, 0.25) is 5.95 Å². The Morgan fingerprint density at radius 2 is 1.70 bits per heavy atom. The quantitative estimate of drug-likeness (QED) is 0.882. The van der Waals surface area contributed by atoms with Crippen molar-refractivity contribution in [3.63, 3.8) is 0 Å². The molecule has 4 N–H and O–H groups in total. The largest absolute Gasteiger partial charge is 0.573 e. The van der Waals surface area contributed by atoms with Gasteiger partial charge in [0.05, 0.1) is 0 Å². The summed E-state index contributed by atoms with van der Waals surface area (Å²) >= 11 is 0. The molecule has 1 heterocycles. The molecule has 0 unspecified atom stereocenters. The van der Waals surface area contributed by atoms with Gasteiger partial charge in [0, 0.05) is 11.3 Å². The van der Waals surface area contributed by atoms with Crippen molar-refractivity contribution in [2.75, 3.05) is 11.5 Å². The minimum atomic E-state index is -4.67. The summed E-state index contributed by atoms with van der Waals surface area (Å²) in [5.74, 6) is 0.279. The summed E-state index contributed by atoms with van der Waals surface area (Å²) < 4.78 is 40.1. The molecule has 0 bridgehead atoms. The zero-order valence-electron chi connectivity index (χ0n) is 12.5. The molecule has 0 atom stereocenters. The molecule has 0 aliphatic carbocycles. The third-order valence-corrected chi connectivity index (χ3v) is 3.31. The summed E-state index contributed by atoms with van der Waals surface area (Å²) in [7, 11) is 0. The van der Waals surface area contributed by atoms with Gasteiger partial charge in [-0.1, -0.05) is 12.1 Å². The van der Waals surface area contributed by atoms with Crippen LogP contribution in [0.15, 0.2) is 24.3 Å². The molecule has 2 rings (SSSR count). The highest BCUT2D eigenvalue weighted by atomic mass is 19.4. The van der Waals surface area contributed by atoms with Gasteiger partial charge in [-0.2, -0.15) is 4.98 Å². The number of halogens is 3. The first kappa shape index (κ1) is 16.9. The molecule has 0 aliphatic rings. The van der Waals surface area contributed by atoms with Crippen molar-refractivity contribution in [3.8, 4) is 5.75 Å². The Hall–Kier alpha value is -2.51. The van der Waals surface area contributed by atoms with E-state index in [0.29, 0.717) is 18.7 Å². The number of hydrogen-bond acceptors (Lipinski definition) is 5. The SMILES string of the molecule is Cc1nc(N)nc(N)c1CCCc1ccc(OC(F)(F)F)cc1. The molecule has 0 saturated carbocycles. The van der Waals surface area contributed by atoms with Crippen molar-refractivity contribution in [2.24, 2.45) is 0 Å². The molecule has 23 heavy (non-hydrogen) atoms.